The van der Waals surface area contributed by atoms with Crippen LogP contribution in [0, 0.1) is 0 Å². The average molecular weight is 365 g/mol. The van der Waals surface area contributed by atoms with Crippen molar-refractivity contribution in [3.8, 4) is 0 Å². The third-order valence-corrected chi connectivity index (χ3v) is 3.84. The molecule has 2 aromatic carbocycles. The predicted molar refractivity (Wildman–Crippen MR) is 91.6 cm³/mol. The third kappa shape index (κ3) is 5.79. The molecular formula is C19H21F2NO4. The molecule has 2 atom stereocenters. The molecule has 7 heteroatoms. The van der Waals surface area contributed by atoms with Gasteiger partial charge in [-0.3, -0.25) is 0 Å². The van der Waals surface area contributed by atoms with E-state index in [1.165, 1.54) is 24.3 Å². The number of alkyl halides is 2. The number of rotatable bonds is 8. The molecule has 0 spiro atoms. The van der Waals surface area contributed by atoms with Crippen LogP contribution < -0.4 is 5.32 Å². The fourth-order valence-corrected chi connectivity index (χ4v) is 2.44. The molecule has 0 aliphatic rings. The lowest BCUT2D eigenvalue weighted by Gasteiger charge is -2.20. The molecule has 26 heavy (non-hydrogen) atoms. The average Bonchev–Trinajstić information content (AvgIpc) is 2.66. The highest BCUT2D eigenvalue weighted by molar-refractivity contribution is 5.67. The van der Waals surface area contributed by atoms with E-state index in [4.69, 9.17) is 4.74 Å². The Kier molecular flexibility index (Phi) is 7.50. The van der Waals surface area contributed by atoms with Gasteiger partial charge < -0.3 is 20.3 Å². The number of hydrogen-bond donors (Lipinski definition) is 3. The SMILES string of the molecule is O=C(NCCC(O)C(O)c1ccccc1C(F)F)OCc1ccccc1. The molecule has 0 aliphatic heterocycles. The summed E-state index contributed by atoms with van der Waals surface area (Å²) in [6.07, 6.45) is -6.20. The van der Waals surface area contributed by atoms with Crippen molar-refractivity contribution in [1.82, 2.24) is 5.32 Å². The van der Waals surface area contributed by atoms with Gasteiger partial charge in [0.1, 0.15) is 12.7 Å². The number of carbonyl (C=O) groups excluding carboxylic acids is 1. The van der Waals surface area contributed by atoms with Crippen LogP contribution in [0.5, 0.6) is 0 Å². The predicted octanol–water partition coefficient (Wildman–Crippen LogP) is 3.34. The van der Waals surface area contributed by atoms with E-state index in [9.17, 15) is 23.8 Å². The highest BCUT2D eigenvalue weighted by Crippen LogP contribution is 2.29. The fourth-order valence-electron chi connectivity index (χ4n) is 2.44. The number of alkyl carbamates (subject to hydrolysis) is 1. The Labute approximate surface area is 150 Å². The van der Waals surface area contributed by atoms with Gasteiger partial charge in [-0.25, -0.2) is 13.6 Å². The molecule has 0 radical (unpaired) electrons. The van der Waals surface area contributed by atoms with Crippen molar-refractivity contribution in [2.24, 2.45) is 0 Å². The summed E-state index contributed by atoms with van der Waals surface area (Å²) in [7, 11) is 0. The molecule has 5 nitrogen and oxygen atoms in total. The first-order chi connectivity index (χ1) is 12.5. The van der Waals surface area contributed by atoms with Crippen molar-refractivity contribution in [2.75, 3.05) is 6.54 Å². The van der Waals surface area contributed by atoms with Gasteiger partial charge in [-0.15, -0.1) is 0 Å². The molecule has 2 aromatic rings. The molecule has 3 N–H and O–H groups in total. The Bertz CT molecular complexity index is 697. The second-order valence-electron chi connectivity index (χ2n) is 5.72. The second kappa shape index (κ2) is 9.84. The standard InChI is InChI=1S/C19H21F2NO4/c20-18(21)15-9-5-4-8-14(15)17(24)16(23)10-11-22-19(25)26-12-13-6-2-1-3-7-13/h1-9,16-18,23-24H,10-12H2,(H,22,25). The van der Waals surface area contributed by atoms with Crippen LogP contribution >= 0.6 is 0 Å². The molecule has 2 rings (SSSR count). The molecule has 0 heterocycles. The molecule has 140 valence electrons. The van der Waals surface area contributed by atoms with Crippen molar-refractivity contribution >= 4 is 6.09 Å². The van der Waals surface area contributed by atoms with Crippen LogP contribution in [-0.2, 0) is 11.3 Å². The van der Waals surface area contributed by atoms with E-state index in [0.717, 1.165) is 5.56 Å². The van der Waals surface area contributed by atoms with E-state index in [-0.39, 0.29) is 30.7 Å². The summed E-state index contributed by atoms with van der Waals surface area (Å²) in [6.45, 7) is 0.141. The maximum absolute atomic E-state index is 13.0. The van der Waals surface area contributed by atoms with Crippen molar-refractivity contribution < 1.29 is 28.5 Å². The van der Waals surface area contributed by atoms with E-state index in [2.05, 4.69) is 5.32 Å². The lowest BCUT2D eigenvalue weighted by Crippen LogP contribution is -2.30. The maximum atomic E-state index is 13.0. The first-order valence-corrected chi connectivity index (χ1v) is 8.16. The summed E-state index contributed by atoms with van der Waals surface area (Å²) in [5.41, 5.74) is 0.484. The van der Waals surface area contributed by atoms with Crippen molar-refractivity contribution in [3.05, 3.63) is 71.3 Å². The minimum absolute atomic E-state index is 0.0147. The number of hydrogen-bond acceptors (Lipinski definition) is 4. The van der Waals surface area contributed by atoms with E-state index in [1.807, 2.05) is 30.3 Å². The summed E-state index contributed by atoms with van der Waals surface area (Å²) in [5, 5.41) is 22.6. The third-order valence-electron chi connectivity index (χ3n) is 3.84. The Morgan fingerprint density at radius 3 is 2.27 bits per heavy atom. The number of aliphatic hydroxyl groups excluding tert-OH is 2. The van der Waals surface area contributed by atoms with Crippen LogP contribution in [0.1, 0.15) is 35.6 Å². The van der Waals surface area contributed by atoms with Gasteiger partial charge in [0.2, 0.25) is 0 Å². The van der Waals surface area contributed by atoms with Gasteiger partial charge >= 0.3 is 6.09 Å². The van der Waals surface area contributed by atoms with Crippen LogP contribution in [0.4, 0.5) is 13.6 Å². The van der Waals surface area contributed by atoms with Gasteiger partial charge in [0.05, 0.1) is 6.10 Å². The van der Waals surface area contributed by atoms with Crippen molar-refractivity contribution in [3.63, 3.8) is 0 Å². The summed E-state index contributed by atoms with van der Waals surface area (Å²) in [5.74, 6) is 0. The second-order valence-corrected chi connectivity index (χ2v) is 5.72. The van der Waals surface area contributed by atoms with Gasteiger partial charge in [-0.05, 0) is 17.5 Å². The van der Waals surface area contributed by atoms with Crippen LogP contribution in [0.25, 0.3) is 0 Å². The number of amides is 1. The monoisotopic (exact) mass is 365 g/mol. The van der Waals surface area contributed by atoms with Crippen molar-refractivity contribution in [2.45, 2.75) is 31.7 Å². The number of carbonyl (C=O) groups is 1. The Hall–Kier alpha value is -2.51. The van der Waals surface area contributed by atoms with Crippen LogP contribution in [0.2, 0.25) is 0 Å². The maximum Gasteiger partial charge on any atom is 0.407 e. The minimum Gasteiger partial charge on any atom is -0.445 e. The normalized spacial score (nSPS) is 13.3. The van der Waals surface area contributed by atoms with Gasteiger partial charge in [0.25, 0.3) is 6.43 Å². The Morgan fingerprint density at radius 1 is 1.00 bits per heavy atom. The minimum atomic E-state index is -2.75. The van der Waals surface area contributed by atoms with E-state index >= 15 is 0 Å². The highest BCUT2D eigenvalue weighted by atomic mass is 19.3. The van der Waals surface area contributed by atoms with Gasteiger partial charge in [0, 0.05) is 12.1 Å². The smallest absolute Gasteiger partial charge is 0.407 e. The zero-order valence-electron chi connectivity index (χ0n) is 14.0. The number of benzene rings is 2. The number of nitrogens with one attached hydrogen (secondary N) is 1. The molecule has 0 saturated heterocycles. The summed E-state index contributed by atoms with van der Waals surface area (Å²) >= 11 is 0. The highest BCUT2D eigenvalue weighted by Gasteiger charge is 2.24. The fraction of sp³-hybridized carbons (Fsp3) is 0.316. The summed E-state index contributed by atoms with van der Waals surface area (Å²) < 4.78 is 30.9. The Morgan fingerprint density at radius 2 is 1.62 bits per heavy atom. The first kappa shape index (κ1) is 19.8. The molecule has 0 fully saturated rings. The largest absolute Gasteiger partial charge is 0.445 e. The molecule has 0 aliphatic carbocycles. The number of ether oxygens (including phenoxy) is 1. The van der Waals surface area contributed by atoms with Crippen molar-refractivity contribution in [1.29, 1.82) is 0 Å². The summed E-state index contributed by atoms with van der Waals surface area (Å²) in [6, 6.07) is 14.6. The lowest BCUT2D eigenvalue weighted by atomic mass is 9.97. The molecule has 1 amide bonds. The quantitative estimate of drug-likeness (QED) is 0.670. The molecular weight excluding hydrogens is 344 g/mol. The van der Waals surface area contributed by atoms with Gasteiger partial charge in [-0.2, -0.15) is 0 Å². The topological polar surface area (TPSA) is 78.8 Å². The molecule has 2 unspecified atom stereocenters. The lowest BCUT2D eigenvalue weighted by molar-refractivity contribution is 0.0111. The zero-order valence-corrected chi connectivity index (χ0v) is 14.0. The Balaban J connectivity index is 1.77. The number of aliphatic hydroxyl groups is 2. The molecule has 0 saturated carbocycles. The molecule has 0 aromatic heterocycles. The van der Waals surface area contributed by atoms with Crippen LogP contribution in [0.15, 0.2) is 54.6 Å². The van der Waals surface area contributed by atoms with Gasteiger partial charge in [0.15, 0.2) is 0 Å². The number of halogens is 2. The zero-order chi connectivity index (χ0) is 18.9. The van der Waals surface area contributed by atoms with Gasteiger partial charge in [-0.1, -0.05) is 54.6 Å². The first-order valence-electron chi connectivity index (χ1n) is 8.16. The van der Waals surface area contributed by atoms with Crippen LogP contribution in [-0.4, -0.2) is 29.0 Å². The van der Waals surface area contributed by atoms with E-state index < -0.39 is 24.7 Å². The summed E-state index contributed by atoms with van der Waals surface area (Å²) in [4.78, 5) is 11.6. The van der Waals surface area contributed by atoms with E-state index in [0.29, 0.717) is 0 Å². The van der Waals surface area contributed by atoms with Crippen LogP contribution in [0.3, 0.4) is 0 Å². The van der Waals surface area contributed by atoms with E-state index in [1.54, 1.807) is 0 Å². The molecule has 0 bridgehead atoms.